The Balaban J connectivity index is 0.948. The molecule has 8 nitrogen and oxygen atoms in total. The number of fused-ring (bicyclic) bond motifs is 6. The van der Waals surface area contributed by atoms with Crippen LogP contribution in [-0.2, 0) is 25.7 Å². The molecule has 42 heavy (non-hydrogen) atoms. The minimum atomic E-state index is 0.287. The summed E-state index contributed by atoms with van der Waals surface area (Å²) >= 11 is 0. The molecule has 2 aromatic carbocycles. The van der Waals surface area contributed by atoms with Crippen LogP contribution >= 0.6 is 0 Å². The Hall–Kier alpha value is -4.04. The van der Waals surface area contributed by atoms with Crippen LogP contribution in [0, 0.1) is 17.8 Å². The maximum Gasteiger partial charge on any atom is 0.248 e. The van der Waals surface area contributed by atoms with Gasteiger partial charge in [-0.15, -0.1) is 15.3 Å². The summed E-state index contributed by atoms with van der Waals surface area (Å²) in [5.74, 6) is 3.82. The fourth-order valence-electron chi connectivity index (χ4n) is 7.69. The average Bonchev–Trinajstić information content (AvgIpc) is 3.65. The molecule has 0 saturated heterocycles. The van der Waals surface area contributed by atoms with Gasteiger partial charge in [0.2, 0.25) is 11.9 Å². The van der Waals surface area contributed by atoms with Crippen molar-refractivity contribution < 1.29 is 0 Å². The largest absolute Gasteiger partial charge is 0.368 e. The lowest BCUT2D eigenvalue weighted by Crippen LogP contribution is -2.34. The standard InChI is InChI=1S/C34H38N8/c35-33-38-34(41-42(33)31-19-26-6-3-5-23-4-1-2-7-30(23)32(26)40-39-31)37-29-15-11-22-10-13-28(14-12-25(22)18-29)36-20-27-17-21-8-9-24(27)16-21/h1-2,4,7-9,11,15,18-19,21,24,27-28,36H,3,5-6,10,12-14,16-17,20H2,(H3,35,37,38,41)/t21?,24?,27?,28-/m0/s1. The quantitative estimate of drug-likeness (QED) is 0.209. The summed E-state index contributed by atoms with van der Waals surface area (Å²) in [7, 11) is 0. The lowest BCUT2D eigenvalue weighted by Gasteiger charge is -2.23. The van der Waals surface area contributed by atoms with Crippen LogP contribution < -0.4 is 16.4 Å². The molecule has 0 radical (unpaired) electrons. The monoisotopic (exact) mass is 558 g/mol. The highest BCUT2D eigenvalue weighted by molar-refractivity contribution is 5.68. The van der Waals surface area contributed by atoms with E-state index in [1.807, 2.05) is 0 Å². The Morgan fingerprint density at radius 1 is 0.857 bits per heavy atom. The van der Waals surface area contributed by atoms with Crippen molar-refractivity contribution in [3.05, 3.63) is 82.9 Å². The van der Waals surface area contributed by atoms with Crippen LogP contribution in [0.3, 0.4) is 0 Å². The minimum absolute atomic E-state index is 0.287. The second-order valence-electron chi connectivity index (χ2n) is 12.6. The molecule has 8 heteroatoms. The molecule has 1 saturated carbocycles. The van der Waals surface area contributed by atoms with Gasteiger partial charge in [-0.3, -0.25) is 0 Å². The van der Waals surface area contributed by atoms with Crippen molar-refractivity contribution in [1.82, 2.24) is 30.3 Å². The molecule has 0 spiro atoms. The maximum atomic E-state index is 6.32. The number of hydrogen-bond acceptors (Lipinski definition) is 7. The molecule has 2 bridgehead atoms. The SMILES string of the molecule is Nc1nc(Nc2ccc3c(c2)CC[C@@H](NCC2CC4C=CC2C4)CC3)nn1-c1cc2c(nn1)-c1ccccc1CCC2. The van der Waals surface area contributed by atoms with Gasteiger partial charge in [-0.25, -0.2) is 0 Å². The predicted molar refractivity (Wildman–Crippen MR) is 166 cm³/mol. The van der Waals surface area contributed by atoms with Crippen LogP contribution in [0.2, 0.25) is 0 Å². The minimum Gasteiger partial charge on any atom is -0.368 e. The Kier molecular flexibility index (Phi) is 6.51. The molecule has 214 valence electrons. The third-order valence-corrected chi connectivity index (χ3v) is 9.95. The van der Waals surface area contributed by atoms with E-state index >= 15 is 0 Å². The summed E-state index contributed by atoms with van der Waals surface area (Å²) in [6.07, 6.45) is 15.3. The molecule has 2 heterocycles. The Bertz CT molecular complexity index is 1660. The summed E-state index contributed by atoms with van der Waals surface area (Å²) in [6, 6.07) is 17.8. The number of benzene rings is 2. The van der Waals surface area contributed by atoms with Gasteiger partial charge in [-0.1, -0.05) is 42.5 Å². The van der Waals surface area contributed by atoms with Crippen LogP contribution in [0.25, 0.3) is 17.1 Å². The van der Waals surface area contributed by atoms with Crippen molar-refractivity contribution in [1.29, 1.82) is 0 Å². The van der Waals surface area contributed by atoms with E-state index in [1.54, 1.807) is 4.68 Å². The van der Waals surface area contributed by atoms with E-state index < -0.39 is 0 Å². The van der Waals surface area contributed by atoms with Gasteiger partial charge in [-0.05, 0) is 123 Å². The number of anilines is 3. The highest BCUT2D eigenvalue weighted by Crippen LogP contribution is 2.43. The fraction of sp³-hybridized carbons (Fsp3) is 0.412. The van der Waals surface area contributed by atoms with Gasteiger partial charge in [0.1, 0.15) is 0 Å². The normalized spacial score (nSPS) is 24.0. The Labute approximate surface area is 246 Å². The number of nitrogens with zero attached hydrogens (tertiary/aromatic N) is 5. The number of rotatable bonds is 6. The van der Waals surface area contributed by atoms with E-state index in [2.05, 4.69) is 91.6 Å². The van der Waals surface area contributed by atoms with Gasteiger partial charge in [0.25, 0.3) is 0 Å². The molecular formula is C34H38N8. The Morgan fingerprint density at radius 3 is 2.62 bits per heavy atom. The fourth-order valence-corrected chi connectivity index (χ4v) is 7.69. The van der Waals surface area contributed by atoms with Crippen molar-refractivity contribution in [3.63, 3.8) is 0 Å². The van der Waals surface area contributed by atoms with E-state index in [9.17, 15) is 0 Å². The summed E-state index contributed by atoms with van der Waals surface area (Å²) < 4.78 is 1.58. The van der Waals surface area contributed by atoms with Gasteiger partial charge >= 0.3 is 0 Å². The van der Waals surface area contributed by atoms with E-state index in [1.165, 1.54) is 53.5 Å². The topological polar surface area (TPSA) is 107 Å². The molecule has 1 fully saturated rings. The zero-order valence-corrected chi connectivity index (χ0v) is 24.0. The second kappa shape index (κ2) is 10.7. The molecule has 4 atom stereocenters. The highest BCUT2D eigenvalue weighted by Gasteiger charge is 2.35. The van der Waals surface area contributed by atoms with Crippen LogP contribution in [0.15, 0.2) is 60.7 Å². The number of aryl methyl sites for hydroxylation is 4. The second-order valence-corrected chi connectivity index (χ2v) is 12.6. The lowest BCUT2D eigenvalue weighted by atomic mass is 9.93. The van der Waals surface area contributed by atoms with Gasteiger partial charge in [0, 0.05) is 17.3 Å². The van der Waals surface area contributed by atoms with Crippen molar-refractivity contribution in [3.8, 4) is 17.1 Å². The van der Waals surface area contributed by atoms with Crippen molar-refractivity contribution in [2.24, 2.45) is 17.8 Å². The first-order valence-corrected chi connectivity index (χ1v) is 15.6. The van der Waals surface area contributed by atoms with Gasteiger partial charge in [0.15, 0.2) is 5.82 Å². The number of aromatic nitrogens is 5. The van der Waals surface area contributed by atoms with E-state index in [0.717, 1.165) is 67.8 Å². The first-order valence-electron chi connectivity index (χ1n) is 15.6. The number of hydrogen-bond donors (Lipinski definition) is 3. The lowest BCUT2D eigenvalue weighted by molar-refractivity contribution is 0.366. The van der Waals surface area contributed by atoms with Gasteiger partial charge in [-0.2, -0.15) is 9.67 Å². The molecule has 4 aromatic rings. The van der Waals surface area contributed by atoms with Crippen LogP contribution in [0.4, 0.5) is 17.6 Å². The maximum absolute atomic E-state index is 6.32. The Morgan fingerprint density at radius 2 is 1.74 bits per heavy atom. The summed E-state index contributed by atoms with van der Waals surface area (Å²) in [6.45, 7) is 1.16. The molecule has 8 rings (SSSR count). The zero-order valence-electron chi connectivity index (χ0n) is 24.0. The van der Waals surface area contributed by atoms with Crippen molar-refractivity contribution in [2.45, 2.75) is 63.8 Å². The molecule has 0 aliphatic heterocycles. The van der Waals surface area contributed by atoms with Crippen LogP contribution in [0.5, 0.6) is 0 Å². The number of allylic oxidation sites excluding steroid dienone is 2. The van der Waals surface area contributed by atoms with Gasteiger partial charge in [0.05, 0.1) is 5.69 Å². The first kappa shape index (κ1) is 25.7. The predicted octanol–water partition coefficient (Wildman–Crippen LogP) is 5.59. The van der Waals surface area contributed by atoms with Crippen molar-refractivity contribution >= 4 is 17.6 Å². The molecule has 4 aliphatic carbocycles. The van der Waals surface area contributed by atoms with E-state index in [4.69, 9.17) is 5.73 Å². The summed E-state index contributed by atoms with van der Waals surface area (Å²) in [4.78, 5) is 4.51. The molecule has 4 aliphatic rings. The molecular weight excluding hydrogens is 520 g/mol. The highest BCUT2D eigenvalue weighted by atomic mass is 15.4. The van der Waals surface area contributed by atoms with Crippen LogP contribution in [0.1, 0.15) is 54.4 Å². The average molecular weight is 559 g/mol. The smallest absolute Gasteiger partial charge is 0.248 e. The summed E-state index contributed by atoms with van der Waals surface area (Å²) in [5.41, 5.74) is 14.8. The molecule has 2 aromatic heterocycles. The number of nitrogens with one attached hydrogen (secondary N) is 2. The third kappa shape index (κ3) is 4.87. The summed E-state index contributed by atoms with van der Waals surface area (Å²) in [5, 5.41) is 21.1. The zero-order chi connectivity index (χ0) is 28.0. The molecule has 0 amide bonds. The number of nitrogen functional groups attached to an aromatic ring is 1. The van der Waals surface area contributed by atoms with E-state index in [0.29, 0.717) is 17.8 Å². The van der Waals surface area contributed by atoms with E-state index in [-0.39, 0.29) is 5.95 Å². The van der Waals surface area contributed by atoms with Crippen LogP contribution in [-0.4, -0.2) is 37.5 Å². The third-order valence-electron chi connectivity index (χ3n) is 9.95. The van der Waals surface area contributed by atoms with Crippen molar-refractivity contribution in [2.75, 3.05) is 17.6 Å². The first-order chi connectivity index (χ1) is 20.7. The molecule has 4 N–H and O–H groups in total. The number of nitrogens with two attached hydrogens (primary N) is 1. The molecule has 3 unspecified atom stereocenters. The van der Waals surface area contributed by atoms with Gasteiger partial charge < -0.3 is 16.4 Å².